The number of nitrogens with one attached hydrogen (secondary N) is 1. The summed E-state index contributed by atoms with van der Waals surface area (Å²) in [6, 6.07) is 6.30. The van der Waals surface area contributed by atoms with Gasteiger partial charge in [-0.1, -0.05) is 18.9 Å². The molecule has 1 aromatic heterocycles. The lowest BCUT2D eigenvalue weighted by Gasteiger charge is -2.02. The van der Waals surface area contributed by atoms with Crippen molar-refractivity contribution in [2.45, 2.75) is 51.4 Å². The van der Waals surface area contributed by atoms with Crippen molar-refractivity contribution in [3.05, 3.63) is 29.6 Å². The van der Waals surface area contributed by atoms with E-state index in [9.17, 15) is 4.79 Å². The molecule has 2 aromatic rings. The van der Waals surface area contributed by atoms with Gasteiger partial charge >= 0.3 is 0 Å². The summed E-state index contributed by atoms with van der Waals surface area (Å²) in [5.74, 6) is 2.01. The van der Waals surface area contributed by atoms with Gasteiger partial charge in [0.05, 0.1) is 11.0 Å². The van der Waals surface area contributed by atoms with Crippen LogP contribution in [0.5, 0.6) is 0 Å². The van der Waals surface area contributed by atoms with Crippen molar-refractivity contribution >= 4 is 16.8 Å². The average Bonchev–Trinajstić information content (AvgIpc) is 3.04. The number of hydrogen-bond donors (Lipinski definition) is 1. The number of aryl methyl sites for hydroxylation is 1. The van der Waals surface area contributed by atoms with E-state index in [1.54, 1.807) is 6.92 Å². The third-order valence-corrected chi connectivity index (χ3v) is 4.07. The van der Waals surface area contributed by atoms with Crippen LogP contribution in [-0.4, -0.2) is 15.8 Å². The molecule has 0 amide bonds. The van der Waals surface area contributed by atoms with E-state index in [0.717, 1.165) is 23.3 Å². The summed E-state index contributed by atoms with van der Waals surface area (Å²) in [7, 11) is 0. The first-order valence-corrected chi connectivity index (χ1v) is 7.20. The number of aromatic amines is 1. The SMILES string of the molecule is CC(=O)CCc1ccc2nc(C3CCCC3)[nH]c2c1. The maximum absolute atomic E-state index is 11.0. The molecule has 3 rings (SSSR count). The molecule has 1 N–H and O–H groups in total. The molecule has 100 valence electrons. The highest BCUT2D eigenvalue weighted by atomic mass is 16.1. The summed E-state index contributed by atoms with van der Waals surface area (Å²) in [5.41, 5.74) is 3.38. The molecule has 0 bridgehead atoms. The van der Waals surface area contributed by atoms with Gasteiger partial charge in [0.2, 0.25) is 0 Å². The van der Waals surface area contributed by atoms with Crippen LogP contribution in [0.15, 0.2) is 18.2 Å². The summed E-state index contributed by atoms with van der Waals surface area (Å²) in [5, 5.41) is 0. The molecular weight excluding hydrogens is 236 g/mol. The zero-order valence-corrected chi connectivity index (χ0v) is 11.4. The first kappa shape index (κ1) is 12.4. The fourth-order valence-electron chi connectivity index (χ4n) is 2.94. The number of Topliss-reactive ketones (excluding diaryl/α,β-unsaturated/α-hetero) is 1. The van der Waals surface area contributed by atoms with Crippen molar-refractivity contribution in [2.24, 2.45) is 0 Å². The van der Waals surface area contributed by atoms with E-state index < -0.39 is 0 Å². The Kier molecular flexibility index (Phi) is 3.36. The quantitative estimate of drug-likeness (QED) is 0.905. The molecule has 0 unspecified atom stereocenters. The number of nitrogens with zero attached hydrogens (tertiary/aromatic N) is 1. The van der Waals surface area contributed by atoms with Gasteiger partial charge in [-0.2, -0.15) is 0 Å². The summed E-state index contributed by atoms with van der Waals surface area (Å²) in [6.45, 7) is 1.65. The highest BCUT2D eigenvalue weighted by molar-refractivity contribution is 5.77. The number of aromatic nitrogens is 2. The number of imidazole rings is 1. The van der Waals surface area contributed by atoms with Crippen molar-refractivity contribution in [1.82, 2.24) is 9.97 Å². The topological polar surface area (TPSA) is 45.8 Å². The van der Waals surface area contributed by atoms with E-state index >= 15 is 0 Å². The molecular formula is C16H20N2O. The van der Waals surface area contributed by atoms with E-state index in [4.69, 9.17) is 4.98 Å². The predicted octanol–water partition coefficient (Wildman–Crippen LogP) is 3.74. The van der Waals surface area contributed by atoms with Gasteiger partial charge in [-0.15, -0.1) is 0 Å². The van der Waals surface area contributed by atoms with Gasteiger partial charge in [0.1, 0.15) is 11.6 Å². The third-order valence-electron chi connectivity index (χ3n) is 4.07. The molecule has 0 atom stereocenters. The summed E-state index contributed by atoms with van der Waals surface area (Å²) in [4.78, 5) is 19.2. The van der Waals surface area contributed by atoms with E-state index in [2.05, 4.69) is 23.2 Å². The van der Waals surface area contributed by atoms with Crippen LogP contribution in [0.3, 0.4) is 0 Å². The van der Waals surface area contributed by atoms with Crippen LogP contribution in [0.4, 0.5) is 0 Å². The number of rotatable bonds is 4. The van der Waals surface area contributed by atoms with Crippen molar-refractivity contribution in [2.75, 3.05) is 0 Å². The molecule has 0 radical (unpaired) electrons. The van der Waals surface area contributed by atoms with E-state index in [1.807, 2.05) is 0 Å². The minimum Gasteiger partial charge on any atom is -0.342 e. The second kappa shape index (κ2) is 5.16. The summed E-state index contributed by atoms with van der Waals surface area (Å²) in [6.07, 6.45) is 6.61. The van der Waals surface area contributed by atoms with Crippen LogP contribution in [0.2, 0.25) is 0 Å². The molecule has 0 aliphatic heterocycles. The maximum Gasteiger partial charge on any atom is 0.130 e. The molecule has 1 fully saturated rings. The molecule has 0 saturated heterocycles. The van der Waals surface area contributed by atoms with Gasteiger partial charge in [0.15, 0.2) is 0 Å². The fourth-order valence-corrected chi connectivity index (χ4v) is 2.94. The number of ketones is 1. The Morgan fingerprint density at radius 1 is 1.37 bits per heavy atom. The Morgan fingerprint density at radius 2 is 2.16 bits per heavy atom. The van der Waals surface area contributed by atoms with Crippen LogP contribution in [-0.2, 0) is 11.2 Å². The smallest absolute Gasteiger partial charge is 0.130 e. The Hall–Kier alpha value is -1.64. The predicted molar refractivity (Wildman–Crippen MR) is 76.3 cm³/mol. The lowest BCUT2D eigenvalue weighted by molar-refractivity contribution is -0.116. The second-order valence-electron chi connectivity index (χ2n) is 5.66. The van der Waals surface area contributed by atoms with Gasteiger partial charge in [0.25, 0.3) is 0 Å². The highest BCUT2D eigenvalue weighted by Crippen LogP contribution is 2.33. The first-order valence-electron chi connectivity index (χ1n) is 7.20. The maximum atomic E-state index is 11.0. The minimum atomic E-state index is 0.247. The van der Waals surface area contributed by atoms with E-state index in [0.29, 0.717) is 12.3 Å². The molecule has 3 heteroatoms. The Balaban J connectivity index is 1.84. The monoisotopic (exact) mass is 256 g/mol. The van der Waals surface area contributed by atoms with Gasteiger partial charge in [0, 0.05) is 12.3 Å². The van der Waals surface area contributed by atoms with Gasteiger partial charge in [-0.05, 0) is 43.9 Å². The average molecular weight is 256 g/mol. The lowest BCUT2D eigenvalue weighted by atomic mass is 10.1. The molecule has 0 spiro atoms. The van der Waals surface area contributed by atoms with Crippen molar-refractivity contribution in [3.8, 4) is 0 Å². The number of carbonyl (C=O) groups is 1. The van der Waals surface area contributed by atoms with Crippen LogP contribution in [0.25, 0.3) is 11.0 Å². The summed E-state index contributed by atoms with van der Waals surface area (Å²) < 4.78 is 0. The van der Waals surface area contributed by atoms with Crippen molar-refractivity contribution in [3.63, 3.8) is 0 Å². The zero-order valence-electron chi connectivity index (χ0n) is 11.4. The van der Waals surface area contributed by atoms with Crippen LogP contribution >= 0.6 is 0 Å². The van der Waals surface area contributed by atoms with Crippen molar-refractivity contribution in [1.29, 1.82) is 0 Å². The standard InChI is InChI=1S/C16H20N2O/c1-11(19)6-7-12-8-9-14-15(10-12)18-16(17-14)13-4-2-3-5-13/h8-10,13H,2-7H2,1H3,(H,17,18). The Bertz CT molecular complexity index is 594. The van der Waals surface area contributed by atoms with Crippen LogP contribution in [0.1, 0.15) is 56.3 Å². The number of fused-ring (bicyclic) bond motifs is 1. The molecule has 3 nitrogen and oxygen atoms in total. The number of carbonyl (C=O) groups excluding carboxylic acids is 1. The fraction of sp³-hybridized carbons (Fsp3) is 0.500. The molecule has 1 aromatic carbocycles. The summed E-state index contributed by atoms with van der Waals surface area (Å²) >= 11 is 0. The molecule has 1 heterocycles. The zero-order chi connectivity index (χ0) is 13.2. The Labute approximate surface area is 113 Å². The number of benzene rings is 1. The largest absolute Gasteiger partial charge is 0.342 e. The lowest BCUT2D eigenvalue weighted by Crippen LogP contribution is -1.94. The van der Waals surface area contributed by atoms with Crippen LogP contribution in [0, 0.1) is 0 Å². The first-order chi connectivity index (χ1) is 9.22. The minimum absolute atomic E-state index is 0.247. The number of H-pyrrole nitrogens is 1. The van der Waals surface area contributed by atoms with E-state index in [-0.39, 0.29) is 5.78 Å². The van der Waals surface area contributed by atoms with Crippen LogP contribution < -0.4 is 0 Å². The molecule has 1 aliphatic carbocycles. The van der Waals surface area contributed by atoms with Gasteiger partial charge in [-0.25, -0.2) is 4.98 Å². The number of hydrogen-bond acceptors (Lipinski definition) is 2. The normalized spacial score (nSPS) is 16.3. The third kappa shape index (κ3) is 2.70. The van der Waals surface area contributed by atoms with Crippen molar-refractivity contribution < 1.29 is 4.79 Å². The Morgan fingerprint density at radius 3 is 2.89 bits per heavy atom. The van der Waals surface area contributed by atoms with E-state index in [1.165, 1.54) is 31.2 Å². The van der Waals surface area contributed by atoms with Gasteiger partial charge in [-0.3, -0.25) is 0 Å². The molecule has 1 aliphatic rings. The van der Waals surface area contributed by atoms with Gasteiger partial charge < -0.3 is 9.78 Å². The molecule has 19 heavy (non-hydrogen) atoms. The second-order valence-corrected chi connectivity index (χ2v) is 5.66. The molecule has 1 saturated carbocycles. The highest BCUT2D eigenvalue weighted by Gasteiger charge is 2.20.